The van der Waals surface area contributed by atoms with Gasteiger partial charge in [-0.2, -0.15) is 5.26 Å². The van der Waals surface area contributed by atoms with Crippen molar-refractivity contribution >= 4 is 17.5 Å². The highest BCUT2D eigenvalue weighted by molar-refractivity contribution is 6.30. The van der Waals surface area contributed by atoms with Crippen LogP contribution in [0.15, 0.2) is 54.6 Å². The van der Waals surface area contributed by atoms with Crippen LogP contribution < -0.4 is 0 Å². The molecular formula is C17H15ClN2O. The lowest BCUT2D eigenvalue weighted by atomic mass is 10.1. The van der Waals surface area contributed by atoms with Crippen molar-refractivity contribution in [3.8, 4) is 6.07 Å². The van der Waals surface area contributed by atoms with Crippen LogP contribution in [0.4, 0.5) is 0 Å². The molecule has 2 aromatic carbocycles. The zero-order valence-electron chi connectivity index (χ0n) is 11.5. The third-order valence-electron chi connectivity index (χ3n) is 3.07. The van der Waals surface area contributed by atoms with Gasteiger partial charge in [0.05, 0.1) is 12.5 Å². The number of carbonyl (C=O) groups is 1. The fraction of sp³-hybridized carbons (Fsp3) is 0.176. The van der Waals surface area contributed by atoms with Crippen molar-refractivity contribution in [2.24, 2.45) is 0 Å². The third kappa shape index (κ3) is 4.34. The average molecular weight is 299 g/mol. The summed E-state index contributed by atoms with van der Waals surface area (Å²) in [6, 6.07) is 18.7. The molecule has 0 bridgehead atoms. The maximum Gasteiger partial charge on any atom is 0.254 e. The van der Waals surface area contributed by atoms with Gasteiger partial charge in [-0.1, -0.05) is 48.0 Å². The average Bonchev–Trinajstić information content (AvgIpc) is 2.51. The van der Waals surface area contributed by atoms with E-state index in [9.17, 15) is 4.79 Å². The van der Waals surface area contributed by atoms with E-state index < -0.39 is 0 Å². The summed E-state index contributed by atoms with van der Waals surface area (Å²) in [6.45, 7) is 0.880. The molecular weight excluding hydrogens is 284 g/mol. The zero-order valence-corrected chi connectivity index (χ0v) is 12.3. The van der Waals surface area contributed by atoms with E-state index in [1.807, 2.05) is 30.3 Å². The molecule has 2 aromatic rings. The molecule has 2 rings (SSSR count). The maximum absolute atomic E-state index is 12.6. The Labute approximate surface area is 129 Å². The normalized spacial score (nSPS) is 9.90. The van der Waals surface area contributed by atoms with Crippen molar-refractivity contribution in [3.05, 3.63) is 70.7 Å². The number of hydrogen-bond acceptors (Lipinski definition) is 2. The summed E-state index contributed by atoms with van der Waals surface area (Å²) >= 11 is 5.94. The molecule has 0 heterocycles. The molecule has 0 aliphatic heterocycles. The Morgan fingerprint density at radius 2 is 1.90 bits per heavy atom. The summed E-state index contributed by atoms with van der Waals surface area (Å²) in [6.07, 6.45) is 0.305. The highest BCUT2D eigenvalue weighted by atomic mass is 35.5. The summed E-state index contributed by atoms with van der Waals surface area (Å²) in [7, 11) is 0. The van der Waals surface area contributed by atoms with E-state index in [0.717, 1.165) is 5.56 Å². The molecule has 0 aromatic heterocycles. The van der Waals surface area contributed by atoms with Crippen molar-refractivity contribution in [2.45, 2.75) is 13.0 Å². The summed E-state index contributed by atoms with van der Waals surface area (Å²) < 4.78 is 0. The van der Waals surface area contributed by atoms with Crippen LogP contribution >= 0.6 is 11.6 Å². The molecule has 4 heteroatoms. The summed E-state index contributed by atoms with van der Waals surface area (Å²) in [5.74, 6) is -0.114. The SMILES string of the molecule is N#CCCN(Cc1ccccc1)C(=O)c1cccc(Cl)c1. The second-order valence-corrected chi connectivity index (χ2v) is 5.07. The molecule has 106 valence electrons. The van der Waals surface area contributed by atoms with Crippen molar-refractivity contribution < 1.29 is 4.79 Å². The lowest BCUT2D eigenvalue weighted by Gasteiger charge is -2.22. The van der Waals surface area contributed by atoms with Crippen molar-refractivity contribution in [1.82, 2.24) is 4.90 Å². The minimum absolute atomic E-state index is 0.114. The van der Waals surface area contributed by atoms with Gasteiger partial charge in [0.1, 0.15) is 0 Å². The van der Waals surface area contributed by atoms with E-state index in [4.69, 9.17) is 16.9 Å². The molecule has 1 amide bonds. The van der Waals surface area contributed by atoms with Crippen LogP contribution in [0, 0.1) is 11.3 Å². The number of nitrogens with zero attached hydrogens (tertiary/aromatic N) is 2. The number of nitriles is 1. The fourth-order valence-electron chi connectivity index (χ4n) is 2.05. The van der Waals surface area contributed by atoms with Gasteiger partial charge in [-0.3, -0.25) is 4.79 Å². The lowest BCUT2D eigenvalue weighted by molar-refractivity contribution is 0.0747. The molecule has 3 nitrogen and oxygen atoms in total. The molecule has 0 aliphatic carbocycles. The van der Waals surface area contributed by atoms with Gasteiger partial charge in [-0.25, -0.2) is 0 Å². The largest absolute Gasteiger partial charge is 0.333 e. The Kier molecular flexibility index (Phi) is 5.36. The van der Waals surface area contributed by atoms with Gasteiger partial charge < -0.3 is 4.90 Å². The Hall–Kier alpha value is -2.31. The summed E-state index contributed by atoms with van der Waals surface area (Å²) in [5.41, 5.74) is 1.57. The van der Waals surface area contributed by atoms with E-state index in [0.29, 0.717) is 30.1 Å². The number of rotatable bonds is 5. The molecule has 0 saturated heterocycles. The number of amides is 1. The molecule has 0 saturated carbocycles. The van der Waals surface area contributed by atoms with Gasteiger partial charge in [-0.05, 0) is 23.8 Å². The molecule has 0 spiro atoms. The Morgan fingerprint density at radius 3 is 2.57 bits per heavy atom. The summed E-state index contributed by atoms with van der Waals surface area (Å²) in [5, 5.41) is 9.30. The quantitative estimate of drug-likeness (QED) is 0.840. The van der Waals surface area contributed by atoms with Gasteiger partial charge in [-0.15, -0.1) is 0 Å². The van der Waals surface area contributed by atoms with E-state index in [-0.39, 0.29) is 5.91 Å². The lowest BCUT2D eigenvalue weighted by Crippen LogP contribution is -2.31. The van der Waals surface area contributed by atoms with Crippen LogP contribution in [-0.2, 0) is 6.54 Å². The minimum Gasteiger partial charge on any atom is -0.333 e. The molecule has 21 heavy (non-hydrogen) atoms. The Bertz CT molecular complexity index is 649. The van der Waals surface area contributed by atoms with Gasteiger partial charge in [0.15, 0.2) is 0 Å². The van der Waals surface area contributed by atoms with Crippen molar-refractivity contribution in [2.75, 3.05) is 6.54 Å². The number of halogens is 1. The molecule has 0 N–H and O–H groups in total. The van der Waals surface area contributed by atoms with Crippen molar-refractivity contribution in [3.63, 3.8) is 0 Å². The first-order valence-corrected chi connectivity index (χ1v) is 7.04. The third-order valence-corrected chi connectivity index (χ3v) is 3.30. The van der Waals surface area contributed by atoms with E-state index in [1.54, 1.807) is 29.2 Å². The highest BCUT2D eigenvalue weighted by Gasteiger charge is 2.16. The standard InChI is InChI=1S/C17H15ClN2O/c18-16-9-4-8-15(12-16)17(21)20(11-5-10-19)13-14-6-2-1-3-7-14/h1-4,6-9,12H,5,11,13H2. The Balaban J connectivity index is 2.19. The van der Waals surface area contributed by atoms with Crippen LogP contribution in [0.25, 0.3) is 0 Å². The molecule has 0 atom stereocenters. The molecule has 0 fully saturated rings. The first-order valence-electron chi connectivity index (χ1n) is 6.66. The highest BCUT2D eigenvalue weighted by Crippen LogP contribution is 2.15. The molecule has 0 radical (unpaired) electrons. The van der Waals surface area contributed by atoms with Crippen LogP contribution in [0.3, 0.4) is 0 Å². The van der Waals surface area contributed by atoms with Crippen LogP contribution in [-0.4, -0.2) is 17.4 Å². The number of benzene rings is 2. The number of carbonyl (C=O) groups excluding carboxylic acids is 1. The van der Waals surface area contributed by atoms with E-state index in [2.05, 4.69) is 6.07 Å². The zero-order chi connectivity index (χ0) is 15.1. The summed E-state index contributed by atoms with van der Waals surface area (Å²) in [4.78, 5) is 14.2. The topological polar surface area (TPSA) is 44.1 Å². The number of hydrogen-bond donors (Lipinski definition) is 0. The van der Waals surface area contributed by atoms with Crippen molar-refractivity contribution in [1.29, 1.82) is 5.26 Å². The predicted octanol–water partition coefficient (Wildman–Crippen LogP) is 3.90. The Morgan fingerprint density at radius 1 is 1.14 bits per heavy atom. The van der Waals surface area contributed by atoms with Gasteiger partial charge in [0.25, 0.3) is 5.91 Å². The first-order chi connectivity index (χ1) is 10.2. The molecule has 0 unspecified atom stereocenters. The van der Waals surface area contributed by atoms with Crippen LogP contribution in [0.5, 0.6) is 0 Å². The van der Waals surface area contributed by atoms with Crippen LogP contribution in [0.2, 0.25) is 5.02 Å². The fourth-order valence-corrected chi connectivity index (χ4v) is 2.24. The van der Waals surface area contributed by atoms with Crippen LogP contribution in [0.1, 0.15) is 22.3 Å². The van der Waals surface area contributed by atoms with Gasteiger partial charge in [0, 0.05) is 23.7 Å². The van der Waals surface area contributed by atoms with Gasteiger partial charge >= 0.3 is 0 Å². The smallest absolute Gasteiger partial charge is 0.254 e. The second-order valence-electron chi connectivity index (χ2n) is 4.63. The first kappa shape index (κ1) is 15.1. The van der Waals surface area contributed by atoms with Gasteiger partial charge in [0.2, 0.25) is 0 Å². The minimum atomic E-state index is -0.114. The van der Waals surface area contributed by atoms with E-state index in [1.165, 1.54) is 0 Å². The maximum atomic E-state index is 12.6. The second kappa shape index (κ2) is 7.47. The monoisotopic (exact) mass is 298 g/mol. The predicted molar refractivity (Wildman–Crippen MR) is 82.9 cm³/mol. The molecule has 0 aliphatic rings. The van der Waals surface area contributed by atoms with E-state index >= 15 is 0 Å².